The van der Waals surface area contributed by atoms with Crippen molar-refractivity contribution in [3.8, 4) is 5.75 Å². The molecule has 2 aliphatic rings. The van der Waals surface area contributed by atoms with Gasteiger partial charge in [0, 0.05) is 35.4 Å². The molecule has 166 valence electrons. The number of aryl methyl sites for hydroxylation is 1. The molecule has 1 aliphatic carbocycles. The predicted octanol–water partition coefficient (Wildman–Crippen LogP) is 5.80. The monoisotopic (exact) mass is 446 g/mol. The molecule has 5 nitrogen and oxygen atoms in total. The molecule has 2 atom stereocenters. The van der Waals surface area contributed by atoms with Crippen molar-refractivity contribution in [3.63, 3.8) is 0 Å². The van der Waals surface area contributed by atoms with Crippen LogP contribution in [0.4, 0.5) is 5.69 Å². The van der Waals surface area contributed by atoms with Crippen LogP contribution < -0.4 is 15.0 Å². The van der Waals surface area contributed by atoms with Crippen molar-refractivity contribution in [2.45, 2.75) is 57.7 Å². The highest BCUT2D eigenvalue weighted by Gasteiger charge is 2.42. The van der Waals surface area contributed by atoms with Crippen LogP contribution in [0.1, 0.15) is 66.5 Å². The molecule has 1 saturated carbocycles. The van der Waals surface area contributed by atoms with Crippen LogP contribution in [0.2, 0.25) is 0 Å². The Hall–Kier alpha value is -2.86. The zero-order valence-corrected chi connectivity index (χ0v) is 19.7. The van der Waals surface area contributed by atoms with E-state index in [0.29, 0.717) is 11.2 Å². The third kappa shape index (κ3) is 3.56. The summed E-state index contributed by atoms with van der Waals surface area (Å²) >= 11 is 5.89. The average Bonchev–Trinajstić information content (AvgIpc) is 3.52. The summed E-state index contributed by atoms with van der Waals surface area (Å²) in [6.07, 6.45) is 7.02. The molecule has 2 fully saturated rings. The molecule has 1 aliphatic heterocycles. The van der Waals surface area contributed by atoms with E-state index < -0.39 is 0 Å². The van der Waals surface area contributed by atoms with E-state index in [1.807, 2.05) is 30.5 Å². The molecule has 6 heteroatoms. The van der Waals surface area contributed by atoms with Gasteiger partial charge >= 0.3 is 0 Å². The van der Waals surface area contributed by atoms with E-state index in [2.05, 4.69) is 57.9 Å². The summed E-state index contributed by atoms with van der Waals surface area (Å²) in [7, 11) is 1.70. The summed E-state index contributed by atoms with van der Waals surface area (Å²) in [5, 5.41) is 4.29. The number of thiocarbonyl (C=S) groups is 1. The maximum atomic E-state index is 5.89. The van der Waals surface area contributed by atoms with Crippen molar-refractivity contribution in [1.82, 2.24) is 14.9 Å². The zero-order chi connectivity index (χ0) is 22.2. The Morgan fingerprint density at radius 1 is 1.06 bits per heavy atom. The first-order valence-electron chi connectivity index (χ1n) is 11.4. The number of benzene rings is 1. The van der Waals surface area contributed by atoms with Gasteiger partial charge in [-0.1, -0.05) is 25.0 Å². The number of anilines is 1. The molecule has 0 radical (unpaired) electrons. The van der Waals surface area contributed by atoms with Crippen molar-refractivity contribution >= 4 is 23.0 Å². The van der Waals surface area contributed by atoms with Crippen LogP contribution in [0.5, 0.6) is 5.75 Å². The second-order valence-electron chi connectivity index (χ2n) is 8.83. The van der Waals surface area contributed by atoms with Crippen LogP contribution in [0.3, 0.4) is 0 Å². The Morgan fingerprint density at radius 2 is 1.88 bits per heavy atom. The van der Waals surface area contributed by atoms with Crippen molar-refractivity contribution in [1.29, 1.82) is 0 Å². The molecule has 32 heavy (non-hydrogen) atoms. The van der Waals surface area contributed by atoms with E-state index in [-0.39, 0.29) is 12.1 Å². The van der Waals surface area contributed by atoms with Gasteiger partial charge in [0.15, 0.2) is 5.11 Å². The molecular weight excluding hydrogens is 416 g/mol. The van der Waals surface area contributed by atoms with Gasteiger partial charge in [-0.2, -0.15) is 0 Å². The molecule has 0 unspecified atom stereocenters. The summed E-state index contributed by atoms with van der Waals surface area (Å²) in [5.74, 6) is 0.821. The molecule has 0 spiro atoms. The average molecular weight is 447 g/mol. The molecular formula is C26H30N4OS. The highest BCUT2D eigenvalue weighted by molar-refractivity contribution is 7.80. The Kier molecular flexibility index (Phi) is 5.64. The van der Waals surface area contributed by atoms with Crippen LogP contribution in [0.25, 0.3) is 0 Å². The van der Waals surface area contributed by atoms with E-state index in [1.165, 1.54) is 42.6 Å². The van der Waals surface area contributed by atoms with Gasteiger partial charge in [-0.05, 0) is 74.8 Å². The number of pyridine rings is 1. The van der Waals surface area contributed by atoms with E-state index in [1.54, 1.807) is 7.11 Å². The Morgan fingerprint density at radius 3 is 2.59 bits per heavy atom. The molecule has 2 aromatic heterocycles. The second-order valence-corrected chi connectivity index (χ2v) is 9.22. The molecule has 3 aromatic rings. The number of ether oxygens (including phenoxy) is 1. The van der Waals surface area contributed by atoms with E-state index in [9.17, 15) is 0 Å². The molecule has 3 heterocycles. The van der Waals surface area contributed by atoms with Crippen LogP contribution >= 0.6 is 12.2 Å². The summed E-state index contributed by atoms with van der Waals surface area (Å²) in [6.45, 7) is 4.50. The van der Waals surface area contributed by atoms with Crippen molar-refractivity contribution in [2.24, 2.45) is 0 Å². The predicted molar refractivity (Wildman–Crippen MR) is 132 cm³/mol. The first kappa shape index (κ1) is 21.0. The minimum atomic E-state index is -0.0348. The maximum absolute atomic E-state index is 5.89. The van der Waals surface area contributed by atoms with Gasteiger partial charge in [-0.3, -0.25) is 4.98 Å². The second kappa shape index (κ2) is 8.58. The standard InChI is InChI=1S/C26H30N4OS/c1-17-15-22(18(2)29(17)19-9-4-5-10-19)25-24(23-13-6-7-14-27-23)28-26(32)30(25)20-11-8-12-21(16-20)31-3/h6-8,11-16,19,24-25H,4-5,9-10H2,1-3H3,(H,28,32)/t24-,25+/m1/s1. The third-order valence-corrected chi connectivity index (χ3v) is 7.28. The van der Waals surface area contributed by atoms with Crippen LogP contribution in [0.15, 0.2) is 54.7 Å². The van der Waals surface area contributed by atoms with E-state index in [0.717, 1.165) is 17.1 Å². The van der Waals surface area contributed by atoms with Crippen molar-refractivity contribution in [2.75, 3.05) is 12.0 Å². The summed E-state index contributed by atoms with van der Waals surface area (Å²) in [4.78, 5) is 6.92. The van der Waals surface area contributed by atoms with Gasteiger partial charge in [-0.15, -0.1) is 0 Å². The van der Waals surface area contributed by atoms with Crippen LogP contribution in [0, 0.1) is 13.8 Å². The van der Waals surface area contributed by atoms with E-state index >= 15 is 0 Å². The topological polar surface area (TPSA) is 42.3 Å². The summed E-state index contributed by atoms with van der Waals surface area (Å²) in [5.41, 5.74) is 5.99. The highest BCUT2D eigenvalue weighted by atomic mass is 32.1. The molecule has 1 aromatic carbocycles. The first-order chi connectivity index (χ1) is 15.6. The number of nitrogens with one attached hydrogen (secondary N) is 1. The zero-order valence-electron chi connectivity index (χ0n) is 18.9. The Balaban J connectivity index is 1.65. The molecule has 0 amide bonds. The van der Waals surface area contributed by atoms with Gasteiger partial charge in [0.1, 0.15) is 5.75 Å². The van der Waals surface area contributed by atoms with Crippen molar-refractivity contribution < 1.29 is 4.74 Å². The first-order valence-corrected chi connectivity index (χ1v) is 11.8. The number of rotatable bonds is 5. The fourth-order valence-electron chi connectivity index (χ4n) is 5.54. The van der Waals surface area contributed by atoms with Crippen LogP contribution in [-0.2, 0) is 0 Å². The molecule has 1 N–H and O–H groups in total. The molecule has 1 saturated heterocycles. The molecule has 0 bridgehead atoms. The number of aromatic nitrogens is 2. The Bertz CT molecular complexity index is 1120. The lowest BCUT2D eigenvalue weighted by Gasteiger charge is -2.28. The van der Waals surface area contributed by atoms with Gasteiger partial charge in [-0.25, -0.2) is 0 Å². The smallest absolute Gasteiger partial charge is 0.174 e. The van der Waals surface area contributed by atoms with Crippen LogP contribution in [-0.4, -0.2) is 21.8 Å². The minimum Gasteiger partial charge on any atom is -0.497 e. The van der Waals surface area contributed by atoms with Crippen molar-refractivity contribution in [3.05, 3.63) is 77.4 Å². The number of hydrogen-bond acceptors (Lipinski definition) is 3. The quantitative estimate of drug-likeness (QED) is 0.502. The summed E-state index contributed by atoms with van der Waals surface area (Å²) in [6, 6.07) is 17.1. The number of nitrogens with zero attached hydrogens (tertiary/aromatic N) is 3. The maximum Gasteiger partial charge on any atom is 0.174 e. The highest BCUT2D eigenvalue weighted by Crippen LogP contribution is 2.45. The van der Waals surface area contributed by atoms with E-state index in [4.69, 9.17) is 17.0 Å². The van der Waals surface area contributed by atoms with Gasteiger partial charge in [0.05, 0.1) is 24.9 Å². The fourth-order valence-corrected chi connectivity index (χ4v) is 5.88. The Labute approximate surface area is 195 Å². The lowest BCUT2D eigenvalue weighted by Crippen LogP contribution is -2.29. The van der Waals surface area contributed by atoms with Gasteiger partial charge in [0.2, 0.25) is 0 Å². The SMILES string of the molecule is COc1cccc(N2C(=S)N[C@H](c3ccccn3)[C@@H]2c2cc(C)n(C3CCCC3)c2C)c1. The van der Waals surface area contributed by atoms with Gasteiger partial charge < -0.3 is 19.5 Å². The van der Waals surface area contributed by atoms with Gasteiger partial charge in [0.25, 0.3) is 0 Å². The summed E-state index contributed by atoms with van der Waals surface area (Å²) < 4.78 is 8.07. The molecule has 5 rings (SSSR count). The number of methoxy groups -OCH3 is 1. The lowest BCUT2D eigenvalue weighted by molar-refractivity contribution is 0.415. The minimum absolute atomic E-state index is 0.00543. The number of hydrogen-bond donors (Lipinski definition) is 1. The normalized spacial score (nSPS) is 21.2. The fraction of sp³-hybridized carbons (Fsp3) is 0.385. The third-order valence-electron chi connectivity index (χ3n) is 6.96. The largest absolute Gasteiger partial charge is 0.497 e. The lowest BCUT2D eigenvalue weighted by atomic mass is 9.96.